The van der Waals surface area contributed by atoms with E-state index in [2.05, 4.69) is 15.3 Å². The molecule has 128 valence electrons. The Morgan fingerprint density at radius 3 is 2.77 bits per heavy atom. The maximum Gasteiger partial charge on any atom is 0.262 e. The number of carbonyl (C=O) groups is 1. The summed E-state index contributed by atoms with van der Waals surface area (Å²) >= 11 is 1.32. The molecule has 0 saturated heterocycles. The molecule has 4 aromatic rings. The lowest BCUT2D eigenvalue weighted by atomic mass is 10.1. The molecule has 7 heteroatoms. The summed E-state index contributed by atoms with van der Waals surface area (Å²) in [5, 5.41) is 15.4. The van der Waals surface area contributed by atoms with Crippen molar-refractivity contribution in [2.24, 2.45) is 4.99 Å². The lowest BCUT2D eigenvalue weighted by Crippen LogP contribution is -2.21. The summed E-state index contributed by atoms with van der Waals surface area (Å²) in [6.45, 7) is 0. The fourth-order valence-electron chi connectivity index (χ4n) is 2.42. The second kappa shape index (κ2) is 6.81. The Labute approximate surface area is 152 Å². The minimum Gasteiger partial charge on any atom is -0.508 e. The number of phenols is 1. The van der Waals surface area contributed by atoms with Crippen molar-refractivity contribution in [2.45, 2.75) is 0 Å². The number of anilines is 1. The van der Waals surface area contributed by atoms with Crippen LogP contribution in [0.1, 0.15) is 10.4 Å². The minimum atomic E-state index is -0.367. The zero-order chi connectivity index (χ0) is 17.9. The molecule has 0 bridgehead atoms. The average Bonchev–Trinajstić information content (AvgIpc) is 3.15. The summed E-state index contributed by atoms with van der Waals surface area (Å²) in [6.07, 6.45) is 1.61. The molecule has 0 aliphatic rings. The molecule has 4 rings (SSSR count). The molecule has 0 spiro atoms. The van der Waals surface area contributed by atoms with Crippen LogP contribution in [0, 0.1) is 0 Å². The lowest BCUT2D eigenvalue weighted by Gasteiger charge is -2.05. The zero-order valence-corrected chi connectivity index (χ0v) is 14.2. The van der Waals surface area contributed by atoms with Crippen molar-refractivity contribution in [1.29, 1.82) is 0 Å². The third-order valence-corrected chi connectivity index (χ3v) is 4.31. The van der Waals surface area contributed by atoms with Crippen molar-refractivity contribution < 1.29 is 14.3 Å². The van der Waals surface area contributed by atoms with E-state index in [9.17, 15) is 9.90 Å². The molecule has 0 aliphatic heterocycles. The fourth-order valence-corrected chi connectivity index (χ4v) is 2.95. The van der Waals surface area contributed by atoms with E-state index in [-0.39, 0.29) is 22.8 Å². The summed E-state index contributed by atoms with van der Waals surface area (Å²) in [4.78, 5) is 21.2. The number of aromatic hydroxyl groups is 1. The molecule has 2 heterocycles. The molecular weight excluding hydrogens is 350 g/mol. The van der Waals surface area contributed by atoms with Gasteiger partial charge in [0.05, 0.1) is 5.69 Å². The van der Waals surface area contributed by atoms with E-state index in [1.165, 1.54) is 23.5 Å². The molecule has 0 fully saturated rings. The van der Waals surface area contributed by atoms with E-state index >= 15 is 0 Å². The lowest BCUT2D eigenvalue weighted by molar-refractivity contribution is 0.102. The number of rotatable bonds is 3. The Morgan fingerprint density at radius 2 is 2.00 bits per heavy atom. The summed E-state index contributed by atoms with van der Waals surface area (Å²) < 4.78 is 5.81. The molecule has 0 saturated carbocycles. The van der Waals surface area contributed by atoms with Crippen LogP contribution in [0.15, 0.2) is 75.6 Å². The van der Waals surface area contributed by atoms with Gasteiger partial charge >= 0.3 is 0 Å². The molecule has 2 aromatic heterocycles. The molecule has 2 N–H and O–H groups in total. The largest absolute Gasteiger partial charge is 0.508 e. The second-order valence-electron chi connectivity index (χ2n) is 5.43. The van der Waals surface area contributed by atoms with E-state index in [0.717, 1.165) is 0 Å². The molecule has 26 heavy (non-hydrogen) atoms. The first-order valence-electron chi connectivity index (χ1n) is 7.76. The number of thiazole rings is 1. The van der Waals surface area contributed by atoms with Gasteiger partial charge < -0.3 is 9.52 Å². The predicted octanol–water partition coefficient (Wildman–Crippen LogP) is 4.08. The number of nitrogens with zero attached hydrogens (tertiary/aromatic N) is 2. The van der Waals surface area contributed by atoms with Crippen LogP contribution in [0.25, 0.3) is 11.0 Å². The van der Waals surface area contributed by atoms with Crippen molar-refractivity contribution in [2.75, 3.05) is 5.32 Å². The molecule has 0 atom stereocenters. The van der Waals surface area contributed by atoms with Crippen LogP contribution >= 0.6 is 11.3 Å². The van der Waals surface area contributed by atoms with Crippen LogP contribution in [0.5, 0.6) is 5.75 Å². The van der Waals surface area contributed by atoms with Crippen molar-refractivity contribution >= 4 is 39.0 Å². The van der Waals surface area contributed by atoms with Gasteiger partial charge in [0.2, 0.25) is 5.55 Å². The van der Waals surface area contributed by atoms with Gasteiger partial charge in [-0.1, -0.05) is 18.2 Å². The van der Waals surface area contributed by atoms with Gasteiger partial charge in [-0.05, 0) is 30.3 Å². The van der Waals surface area contributed by atoms with Gasteiger partial charge in [0.15, 0.2) is 5.13 Å². The van der Waals surface area contributed by atoms with Crippen molar-refractivity contribution in [3.63, 3.8) is 0 Å². The predicted molar refractivity (Wildman–Crippen MR) is 99.6 cm³/mol. The van der Waals surface area contributed by atoms with Crippen LogP contribution in [0.4, 0.5) is 10.8 Å². The molecular formula is C19H13N3O3S. The van der Waals surface area contributed by atoms with E-state index in [0.29, 0.717) is 21.8 Å². The van der Waals surface area contributed by atoms with E-state index in [1.807, 2.05) is 30.3 Å². The van der Waals surface area contributed by atoms with Gasteiger partial charge in [0, 0.05) is 23.0 Å². The summed E-state index contributed by atoms with van der Waals surface area (Å²) in [6, 6.07) is 15.6. The van der Waals surface area contributed by atoms with Gasteiger partial charge in [0.25, 0.3) is 5.91 Å². The van der Waals surface area contributed by atoms with E-state index < -0.39 is 0 Å². The number of benzene rings is 2. The normalized spacial score (nSPS) is 11.6. The Balaban J connectivity index is 1.88. The van der Waals surface area contributed by atoms with Crippen molar-refractivity contribution in [1.82, 2.24) is 4.98 Å². The SMILES string of the molecule is O=C(Nc1nccs1)c1cc2ccc(O)cc2oc1=Nc1ccccc1. The standard InChI is InChI=1S/C19H13N3O3S/c23-14-7-6-12-10-15(17(24)22-19-20-8-9-26-19)18(25-16(12)11-14)21-13-4-2-1-3-5-13/h1-11,23H,(H,20,22,24). The highest BCUT2D eigenvalue weighted by molar-refractivity contribution is 7.13. The van der Waals surface area contributed by atoms with Gasteiger partial charge in [-0.3, -0.25) is 10.1 Å². The van der Waals surface area contributed by atoms with Gasteiger partial charge in [-0.2, -0.15) is 0 Å². The molecule has 0 unspecified atom stereocenters. The number of hydrogen-bond donors (Lipinski definition) is 2. The molecule has 0 aliphatic carbocycles. The fraction of sp³-hybridized carbons (Fsp3) is 0. The van der Waals surface area contributed by atoms with Gasteiger partial charge in [0.1, 0.15) is 16.9 Å². The van der Waals surface area contributed by atoms with Crippen LogP contribution in [-0.4, -0.2) is 16.0 Å². The molecule has 6 nitrogen and oxygen atoms in total. The van der Waals surface area contributed by atoms with Crippen LogP contribution in [0.3, 0.4) is 0 Å². The Morgan fingerprint density at radius 1 is 1.15 bits per heavy atom. The number of carbonyl (C=O) groups excluding carboxylic acids is 1. The number of aromatic nitrogens is 1. The first-order chi connectivity index (χ1) is 12.7. The van der Waals surface area contributed by atoms with Crippen LogP contribution < -0.4 is 10.9 Å². The van der Waals surface area contributed by atoms with Gasteiger partial charge in [-0.25, -0.2) is 9.98 Å². The highest BCUT2D eigenvalue weighted by Crippen LogP contribution is 2.21. The first kappa shape index (κ1) is 16.0. The molecule has 1 amide bonds. The average molecular weight is 363 g/mol. The highest BCUT2D eigenvalue weighted by atomic mass is 32.1. The number of amides is 1. The smallest absolute Gasteiger partial charge is 0.262 e. The molecule has 0 radical (unpaired) electrons. The zero-order valence-electron chi connectivity index (χ0n) is 13.4. The van der Waals surface area contributed by atoms with Crippen LogP contribution in [0.2, 0.25) is 0 Å². The number of nitrogens with one attached hydrogen (secondary N) is 1. The highest BCUT2D eigenvalue weighted by Gasteiger charge is 2.14. The number of fused-ring (bicyclic) bond motifs is 1. The quantitative estimate of drug-likeness (QED) is 0.574. The summed E-state index contributed by atoms with van der Waals surface area (Å²) in [5.41, 5.74) is 1.52. The second-order valence-corrected chi connectivity index (χ2v) is 6.32. The number of phenolic OH excluding ortho intramolecular Hbond substituents is 1. The summed E-state index contributed by atoms with van der Waals surface area (Å²) in [5.74, 6) is -0.291. The van der Waals surface area contributed by atoms with Crippen molar-refractivity contribution in [3.05, 3.63) is 77.3 Å². The Hall–Kier alpha value is -3.45. The van der Waals surface area contributed by atoms with Crippen LogP contribution in [-0.2, 0) is 0 Å². The molecule has 2 aromatic carbocycles. The number of hydrogen-bond acceptors (Lipinski definition) is 6. The minimum absolute atomic E-state index is 0.0758. The monoisotopic (exact) mass is 363 g/mol. The third kappa shape index (κ3) is 3.33. The van der Waals surface area contributed by atoms with E-state index in [4.69, 9.17) is 4.42 Å². The first-order valence-corrected chi connectivity index (χ1v) is 8.64. The van der Waals surface area contributed by atoms with Crippen molar-refractivity contribution in [3.8, 4) is 5.75 Å². The van der Waals surface area contributed by atoms with Gasteiger partial charge in [-0.15, -0.1) is 11.3 Å². The number of para-hydroxylation sites is 1. The van der Waals surface area contributed by atoms with E-state index in [1.54, 1.807) is 23.7 Å². The maximum absolute atomic E-state index is 12.7. The topological polar surface area (TPSA) is 87.7 Å². The Bertz CT molecular complexity index is 1140. The summed E-state index contributed by atoms with van der Waals surface area (Å²) in [7, 11) is 0. The Kier molecular flexibility index (Phi) is 4.20. The maximum atomic E-state index is 12.7. The third-order valence-electron chi connectivity index (χ3n) is 3.62.